The van der Waals surface area contributed by atoms with Gasteiger partial charge in [0.1, 0.15) is 11.2 Å². The lowest BCUT2D eigenvalue weighted by Gasteiger charge is -2.09. The van der Waals surface area contributed by atoms with Gasteiger partial charge in [0.2, 0.25) is 0 Å². The third-order valence-electron chi connectivity index (χ3n) is 3.77. The first kappa shape index (κ1) is 14.5. The monoisotopic (exact) mass is 315 g/mol. The van der Waals surface area contributed by atoms with Gasteiger partial charge in [-0.3, -0.25) is 4.99 Å². The summed E-state index contributed by atoms with van der Waals surface area (Å²) >= 11 is 0. The van der Waals surface area contributed by atoms with E-state index in [4.69, 9.17) is 4.42 Å². The molecule has 0 bridgehead atoms. The first-order valence-corrected chi connectivity index (χ1v) is 7.99. The lowest BCUT2D eigenvalue weighted by Crippen LogP contribution is -2.03. The molecule has 4 nitrogen and oxygen atoms in total. The minimum absolute atomic E-state index is 0.745. The molecule has 1 N–H and O–H groups in total. The summed E-state index contributed by atoms with van der Waals surface area (Å²) in [6, 6.07) is 21.8. The van der Waals surface area contributed by atoms with E-state index in [0.717, 1.165) is 45.8 Å². The maximum Gasteiger partial charge on any atom is 0.155 e. The number of anilines is 2. The number of fused-ring (bicyclic) bond motifs is 2. The fourth-order valence-electron chi connectivity index (χ4n) is 2.66. The molecule has 1 aliphatic heterocycles. The van der Waals surface area contributed by atoms with E-state index in [-0.39, 0.29) is 0 Å². The molecule has 118 valence electrons. The van der Waals surface area contributed by atoms with E-state index in [0.29, 0.717) is 0 Å². The van der Waals surface area contributed by atoms with Crippen LogP contribution in [0, 0.1) is 0 Å². The van der Waals surface area contributed by atoms with E-state index < -0.39 is 0 Å². The molecule has 0 fully saturated rings. The molecule has 2 aliphatic rings. The van der Waals surface area contributed by atoms with Gasteiger partial charge in [-0.05, 0) is 43.3 Å². The Bertz CT molecular complexity index is 1020. The van der Waals surface area contributed by atoms with Gasteiger partial charge in [-0.1, -0.05) is 18.2 Å². The molecule has 0 aromatic heterocycles. The fraction of sp³-hybridized carbons (Fsp3) is 0.100. The zero-order valence-electron chi connectivity index (χ0n) is 13.4. The van der Waals surface area contributed by atoms with Crippen molar-refractivity contribution in [3.05, 3.63) is 72.1 Å². The van der Waals surface area contributed by atoms with E-state index in [2.05, 4.69) is 15.3 Å². The number of nitrogens with zero attached hydrogens (tertiary/aromatic N) is 2. The summed E-state index contributed by atoms with van der Waals surface area (Å²) in [5.41, 5.74) is 4.42. The van der Waals surface area contributed by atoms with E-state index in [1.807, 2.05) is 73.7 Å². The Morgan fingerprint density at radius 1 is 0.958 bits per heavy atom. The van der Waals surface area contributed by atoms with Crippen molar-refractivity contribution >= 4 is 22.5 Å². The van der Waals surface area contributed by atoms with E-state index in [9.17, 15) is 0 Å². The molecular weight excluding hydrogens is 298 g/mol. The van der Waals surface area contributed by atoms with Crippen LogP contribution in [0.15, 0.2) is 76.1 Å². The summed E-state index contributed by atoms with van der Waals surface area (Å²) in [5, 5.41) is 4.28. The van der Waals surface area contributed by atoms with Gasteiger partial charge in [0, 0.05) is 30.1 Å². The van der Waals surface area contributed by atoms with Crippen LogP contribution >= 0.6 is 0 Å². The van der Waals surface area contributed by atoms with Crippen LogP contribution < -0.4 is 10.7 Å². The minimum Gasteiger partial charge on any atom is -0.453 e. The topological polar surface area (TPSA) is 50.4 Å². The Balaban J connectivity index is 1.79. The normalized spacial score (nSPS) is 12.0. The van der Waals surface area contributed by atoms with Gasteiger partial charge in [-0.25, -0.2) is 4.98 Å². The van der Waals surface area contributed by atoms with Crippen LogP contribution in [0.2, 0.25) is 0 Å². The smallest absolute Gasteiger partial charge is 0.155 e. The SMILES string of the molecule is CCN=c1ccc2nc3ccc(Nc4ccccc4)cc3oc-2c1. The zero-order valence-corrected chi connectivity index (χ0v) is 13.4. The molecule has 0 saturated heterocycles. The van der Waals surface area contributed by atoms with Crippen LogP contribution in [0.25, 0.3) is 22.6 Å². The molecule has 0 spiro atoms. The quantitative estimate of drug-likeness (QED) is 0.562. The number of hydrogen-bond donors (Lipinski definition) is 1. The maximum atomic E-state index is 6.05. The second-order valence-electron chi connectivity index (χ2n) is 5.51. The molecule has 0 atom stereocenters. The molecular formula is C20H17N3O. The van der Waals surface area contributed by atoms with Crippen molar-refractivity contribution in [2.24, 2.45) is 4.99 Å². The second-order valence-corrected chi connectivity index (χ2v) is 5.51. The Morgan fingerprint density at radius 3 is 2.67 bits per heavy atom. The van der Waals surface area contributed by atoms with Gasteiger partial charge in [-0.15, -0.1) is 0 Å². The van der Waals surface area contributed by atoms with Crippen molar-refractivity contribution < 1.29 is 4.42 Å². The molecule has 0 unspecified atom stereocenters. The van der Waals surface area contributed by atoms with Crippen molar-refractivity contribution in [1.82, 2.24) is 4.98 Å². The predicted molar refractivity (Wildman–Crippen MR) is 96.5 cm³/mol. The van der Waals surface area contributed by atoms with Gasteiger partial charge >= 0.3 is 0 Å². The molecule has 2 aromatic rings. The molecule has 2 aromatic carbocycles. The van der Waals surface area contributed by atoms with Crippen molar-refractivity contribution in [3.8, 4) is 11.5 Å². The average Bonchev–Trinajstić information content (AvgIpc) is 2.61. The van der Waals surface area contributed by atoms with Crippen LogP contribution in [-0.2, 0) is 0 Å². The number of aromatic nitrogens is 1. The highest BCUT2D eigenvalue weighted by Crippen LogP contribution is 2.26. The minimum atomic E-state index is 0.745. The van der Waals surface area contributed by atoms with E-state index >= 15 is 0 Å². The average molecular weight is 315 g/mol. The number of para-hydroxylation sites is 1. The lowest BCUT2D eigenvalue weighted by atomic mass is 10.2. The number of benzene rings is 3. The summed E-state index contributed by atoms with van der Waals surface area (Å²) in [5.74, 6) is 0.745. The molecule has 4 heteroatoms. The first-order valence-electron chi connectivity index (χ1n) is 7.99. The van der Waals surface area contributed by atoms with Crippen LogP contribution in [0.5, 0.6) is 0 Å². The number of rotatable bonds is 3. The number of nitrogens with one attached hydrogen (secondary N) is 1. The standard InChI is InChI=1S/C20H17N3O/c1-2-21-15-8-10-17-19(12-15)24-20-13-16(9-11-18(20)23-17)22-14-6-4-3-5-7-14/h3-13,22H,2H2,1H3. The molecule has 0 radical (unpaired) electrons. The maximum absolute atomic E-state index is 6.05. The highest BCUT2D eigenvalue weighted by Gasteiger charge is 2.09. The zero-order chi connectivity index (χ0) is 16.4. The van der Waals surface area contributed by atoms with Crippen LogP contribution in [0.1, 0.15) is 6.92 Å². The van der Waals surface area contributed by atoms with Gasteiger partial charge in [0.05, 0.1) is 5.36 Å². The van der Waals surface area contributed by atoms with Crippen molar-refractivity contribution in [2.45, 2.75) is 6.92 Å². The molecule has 4 rings (SSSR count). The van der Waals surface area contributed by atoms with Gasteiger partial charge in [-0.2, -0.15) is 0 Å². The molecule has 1 heterocycles. The van der Waals surface area contributed by atoms with Crippen LogP contribution in [0.3, 0.4) is 0 Å². The van der Waals surface area contributed by atoms with Gasteiger partial charge in [0.15, 0.2) is 11.3 Å². The number of hydrogen-bond acceptors (Lipinski definition) is 4. The summed E-state index contributed by atoms with van der Waals surface area (Å²) < 4.78 is 6.05. The van der Waals surface area contributed by atoms with E-state index in [1.54, 1.807) is 0 Å². The van der Waals surface area contributed by atoms with Gasteiger partial charge < -0.3 is 9.73 Å². The molecule has 0 amide bonds. The Hall–Kier alpha value is -3.14. The summed E-state index contributed by atoms with van der Waals surface area (Å²) in [7, 11) is 0. The van der Waals surface area contributed by atoms with Crippen LogP contribution in [-0.4, -0.2) is 11.5 Å². The van der Waals surface area contributed by atoms with Crippen molar-refractivity contribution in [1.29, 1.82) is 0 Å². The third kappa shape index (κ3) is 2.86. The Kier molecular flexibility index (Phi) is 3.71. The fourth-order valence-corrected chi connectivity index (χ4v) is 2.66. The summed E-state index contributed by atoms with van der Waals surface area (Å²) in [4.78, 5) is 9.07. The summed E-state index contributed by atoms with van der Waals surface area (Å²) in [6.07, 6.45) is 0. The molecule has 24 heavy (non-hydrogen) atoms. The second kappa shape index (κ2) is 6.16. The van der Waals surface area contributed by atoms with E-state index in [1.165, 1.54) is 0 Å². The van der Waals surface area contributed by atoms with Crippen molar-refractivity contribution in [2.75, 3.05) is 11.9 Å². The van der Waals surface area contributed by atoms with Gasteiger partial charge in [0.25, 0.3) is 0 Å². The molecule has 1 aliphatic carbocycles. The largest absolute Gasteiger partial charge is 0.453 e. The van der Waals surface area contributed by atoms with Crippen LogP contribution in [0.4, 0.5) is 11.4 Å². The Morgan fingerprint density at radius 2 is 1.83 bits per heavy atom. The molecule has 0 saturated carbocycles. The van der Waals surface area contributed by atoms with Crippen molar-refractivity contribution in [3.63, 3.8) is 0 Å². The third-order valence-corrected chi connectivity index (χ3v) is 3.77. The lowest BCUT2D eigenvalue weighted by molar-refractivity contribution is 0.612. The first-order chi connectivity index (χ1) is 11.8. The highest BCUT2D eigenvalue weighted by atomic mass is 16.3. The summed E-state index contributed by atoms with van der Waals surface area (Å²) in [6.45, 7) is 2.76. The predicted octanol–water partition coefficient (Wildman–Crippen LogP) is 4.60. The highest BCUT2D eigenvalue weighted by molar-refractivity contribution is 5.81. The Labute approximate surface area is 139 Å².